The summed E-state index contributed by atoms with van der Waals surface area (Å²) in [5, 5.41) is 10.7. The van der Waals surface area contributed by atoms with Gasteiger partial charge in [0.05, 0.1) is 11.3 Å². The molecule has 31 heavy (non-hydrogen) atoms. The molecular formula is C24H24F3N3O. The van der Waals surface area contributed by atoms with E-state index in [2.05, 4.69) is 9.88 Å². The highest BCUT2D eigenvalue weighted by molar-refractivity contribution is 5.78. The van der Waals surface area contributed by atoms with Crippen LogP contribution in [0, 0.1) is 0 Å². The fourth-order valence-electron chi connectivity index (χ4n) is 3.96. The molecule has 2 heterocycles. The topological polar surface area (TPSA) is 62.4 Å². The Morgan fingerprint density at radius 2 is 1.68 bits per heavy atom. The quantitative estimate of drug-likeness (QED) is 0.546. The summed E-state index contributed by atoms with van der Waals surface area (Å²) in [6, 6.07) is 13.8. The summed E-state index contributed by atoms with van der Waals surface area (Å²) in [6.07, 6.45) is -0.616. The monoisotopic (exact) mass is 427 g/mol. The van der Waals surface area contributed by atoms with Crippen LogP contribution in [0.25, 0.3) is 11.3 Å². The minimum Gasteiger partial charge on any atom is -0.398 e. The van der Waals surface area contributed by atoms with Crippen LogP contribution in [-0.2, 0) is 6.18 Å². The summed E-state index contributed by atoms with van der Waals surface area (Å²) >= 11 is 0. The molecule has 0 aliphatic carbocycles. The molecular weight excluding hydrogens is 403 g/mol. The average molecular weight is 427 g/mol. The van der Waals surface area contributed by atoms with Gasteiger partial charge in [-0.3, -0.25) is 4.98 Å². The van der Waals surface area contributed by atoms with E-state index in [0.717, 1.165) is 49.3 Å². The zero-order valence-corrected chi connectivity index (χ0v) is 16.9. The highest BCUT2D eigenvalue weighted by Crippen LogP contribution is 2.34. The van der Waals surface area contributed by atoms with Gasteiger partial charge in [0.2, 0.25) is 0 Å². The van der Waals surface area contributed by atoms with E-state index in [9.17, 15) is 18.3 Å². The first-order valence-corrected chi connectivity index (χ1v) is 10.3. The summed E-state index contributed by atoms with van der Waals surface area (Å²) in [6.45, 7) is 1.98. The molecule has 0 bridgehead atoms. The number of halogens is 3. The van der Waals surface area contributed by atoms with Crippen molar-refractivity contribution in [1.82, 2.24) is 4.98 Å². The Balaban J connectivity index is 1.66. The lowest BCUT2D eigenvalue weighted by molar-refractivity contribution is -0.137. The van der Waals surface area contributed by atoms with Gasteiger partial charge in [-0.25, -0.2) is 0 Å². The predicted molar refractivity (Wildman–Crippen MR) is 116 cm³/mol. The molecule has 0 amide bonds. The molecule has 1 aliphatic heterocycles. The number of nitrogen functional groups attached to an aromatic ring is 1. The maximum Gasteiger partial charge on any atom is 0.416 e. The second kappa shape index (κ2) is 8.59. The summed E-state index contributed by atoms with van der Waals surface area (Å²) in [7, 11) is 0. The van der Waals surface area contributed by atoms with E-state index in [-0.39, 0.29) is 5.56 Å². The first kappa shape index (κ1) is 21.2. The van der Waals surface area contributed by atoms with E-state index in [1.165, 1.54) is 24.8 Å². The maximum absolute atomic E-state index is 13.0. The number of nitrogens with zero attached hydrogens (tertiary/aromatic N) is 2. The number of aliphatic hydroxyl groups is 1. The van der Waals surface area contributed by atoms with Crippen LogP contribution in [-0.4, -0.2) is 23.2 Å². The van der Waals surface area contributed by atoms with Gasteiger partial charge < -0.3 is 15.7 Å². The number of hydrogen-bond donors (Lipinski definition) is 2. The van der Waals surface area contributed by atoms with Crippen molar-refractivity contribution >= 4 is 11.4 Å². The van der Waals surface area contributed by atoms with E-state index in [0.29, 0.717) is 16.9 Å². The average Bonchev–Trinajstić information content (AvgIpc) is 2.79. The maximum atomic E-state index is 13.0. The van der Waals surface area contributed by atoms with E-state index >= 15 is 0 Å². The molecule has 1 fully saturated rings. The predicted octanol–water partition coefficient (Wildman–Crippen LogP) is 5.42. The molecule has 1 atom stereocenters. The van der Waals surface area contributed by atoms with E-state index in [1.807, 2.05) is 18.2 Å². The molecule has 1 unspecified atom stereocenters. The number of pyridine rings is 1. The summed E-state index contributed by atoms with van der Waals surface area (Å²) in [5.74, 6) is 0. The second-order valence-electron chi connectivity index (χ2n) is 7.82. The van der Waals surface area contributed by atoms with Crippen LogP contribution in [0.2, 0.25) is 0 Å². The smallest absolute Gasteiger partial charge is 0.398 e. The van der Waals surface area contributed by atoms with Crippen LogP contribution < -0.4 is 10.6 Å². The lowest BCUT2D eigenvalue weighted by Gasteiger charge is -2.29. The Morgan fingerprint density at radius 1 is 0.935 bits per heavy atom. The van der Waals surface area contributed by atoms with Gasteiger partial charge in [-0.2, -0.15) is 13.2 Å². The van der Waals surface area contributed by atoms with E-state index < -0.39 is 17.8 Å². The largest absolute Gasteiger partial charge is 0.416 e. The zero-order chi connectivity index (χ0) is 22.0. The molecule has 0 spiro atoms. The standard InChI is InChI=1S/C24H24F3N3O/c25-24(26,27)18-6-4-5-16(13-18)23(31)17-9-10-29-22(14-17)20-15-19(7-8-21(20)28)30-11-2-1-3-12-30/h4-10,13-15,23,31H,1-3,11-12,28H2. The van der Waals surface area contributed by atoms with Crippen LogP contribution in [0.4, 0.5) is 24.5 Å². The Bertz CT molecular complexity index is 1060. The number of nitrogens with two attached hydrogens (primary N) is 1. The lowest BCUT2D eigenvalue weighted by Crippen LogP contribution is -2.29. The first-order valence-electron chi connectivity index (χ1n) is 10.3. The summed E-state index contributed by atoms with van der Waals surface area (Å²) in [5.41, 5.74) is 8.96. The molecule has 0 saturated carbocycles. The SMILES string of the molecule is Nc1ccc(N2CCCCC2)cc1-c1cc(C(O)c2cccc(C(F)(F)F)c2)ccn1. The number of aromatic nitrogens is 1. The van der Waals surface area contributed by atoms with Gasteiger partial charge in [0.25, 0.3) is 0 Å². The molecule has 1 aliphatic rings. The summed E-state index contributed by atoms with van der Waals surface area (Å²) in [4.78, 5) is 6.71. The van der Waals surface area contributed by atoms with Gasteiger partial charge >= 0.3 is 6.18 Å². The van der Waals surface area contributed by atoms with Crippen molar-refractivity contribution in [2.24, 2.45) is 0 Å². The van der Waals surface area contributed by atoms with Gasteiger partial charge in [0, 0.05) is 36.2 Å². The van der Waals surface area contributed by atoms with Crippen molar-refractivity contribution in [2.45, 2.75) is 31.5 Å². The number of rotatable bonds is 4. The molecule has 0 radical (unpaired) electrons. The Morgan fingerprint density at radius 3 is 2.42 bits per heavy atom. The number of alkyl halides is 3. The van der Waals surface area contributed by atoms with Gasteiger partial charge in [-0.05, 0) is 72.9 Å². The third-order valence-electron chi connectivity index (χ3n) is 5.66. The van der Waals surface area contributed by atoms with E-state index in [4.69, 9.17) is 5.73 Å². The molecule has 2 aromatic carbocycles. The molecule has 7 heteroatoms. The van der Waals surface area contributed by atoms with Crippen molar-refractivity contribution < 1.29 is 18.3 Å². The fourth-order valence-corrected chi connectivity index (χ4v) is 3.96. The third-order valence-corrected chi connectivity index (χ3v) is 5.66. The minimum atomic E-state index is -4.47. The second-order valence-corrected chi connectivity index (χ2v) is 7.82. The van der Waals surface area contributed by atoms with Crippen molar-refractivity contribution in [2.75, 3.05) is 23.7 Å². The zero-order valence-electron chi connectivity index (χ0n) is 16.9. The van der Waals surface area contributed by atoms with Crippen molar-refractivity contribution in [3.8, 4) is 11.3 Å². The van der Waals surface area contributed by atoms with Crippen LogP contribution in [0.1, 0.15) is 42.1 Å². The number of anilines is 2. The first-order chi connectivity index (χ1) is 14.8. The number of hydrogen-bond acceptors (Lipinski definition) is 4. The highest BCUT2D eigenvalue weighted by Gasteiger charge is 2.31. The lowest BCUT2D eigenvalue weighted by atomic mass is 9.98. The highest BCUT2D eigenvalue weighted by atomic mass is 19.4. The van der Waals surface area contributed by atoms with Gasteiger partial charge in [-0.15, -0.1) is 0 Å². The van der Waals surface area contributed by atoms with Crippen molar-refractivity contribution in [3.63, 3.8) is 0 Å². The Hall–Kier alpha value is -3.06. The van der Waals surface area contributed by atoms with E-state index in [1.54, 1.807) is 12.1 Å². The van der Waals surface area contributed by atoms with Gasteiger partial charge in [-0.1, -0.05) is 12.1 Å². The fraction of sp³-hybridized carbons (Fsp3) is 0.292. The summed E-state index contributed by atoms with van der Waals surface area (Å²) < 4.78 is 39.1. The minimum absolute atomic E-state index is 0.169. The molecule has 3 aromatic rings. The number of benzene rings is 2. The molecule has 4 rings (SSSR count). The van der Waals surface area contributed by atoms with Crippen molar-refractivity contribution in [3.05, 3.63) is 77.5 Å². The molecule has 162 valence electrons. The van der Waals surface area contributed by atoms with Crippen LogP contribution in [0.5, 0.6) is 0 Å². The Labute approximate surface area is 179 Å². The third kappa shape index (κ3) is 4.66. The Kier molecular flexibility index (Phi) is 5.87. The number of piperidine rings is 1. The van der Waals surface area contributed by atoms with Crippen LogP contribution in [0.3, 0.4) is 0 Å². The molecule has 3 N–H and O–H groups in total. The number of aliphatic hydroxyl groups excluding tert-OH is 1. The van der Waals surface area contributed by atoms with Gasteiger partial charge in [0.15, 0.2) is 0 Å². The molecule has 1 saturated heterocycles. The van der Waals surface area contributed by atoms with Gasteiger partial charge in [0.1, 0.15) is 6.10 Å². The molecule has 1 aromatic heterocycles. The molecule has 4 nitrogen and oxygen atoms in total. The van der Waals surface area contributed by atoms with Crippen molar-refractivity contribution in [1.29, 1.82) is 0 Å². The van der Waals surface area contributed by atoms with Crippen LogP contribution >= 0.6 is 0 Å². The normalized spacial score (nSPS) is 15.7. The van der Waals surface area contributed by atoms with Crippen LogP contribution in [0.15, 0.2) is 60.8 Å².